The zero-order chi connectivity index (χ0) is 15.0. The Hall–Kier alpha value is -1.23. The SMILES string of the molecule is CNC(Cc1ccc(OC(F)(F)F)cc1)C1CC2CC2C1. The maximum absolute atomic E-state index is 12.1. The van der Waals surface area contributed by atoms with E-state index in [0.717, 1.165) is 23.8 Å². The first kappa shape index (κ1) is 14.7. The van der Waals surface area contributed by atoms with E-state index < -0.39 is 6.36 Å². The standard InChI is InChI=1S/C16H20F3NO/c1-20-15(13-8-11-7-12(11)9-13)6-10-2-4-14(5-3-10)21-16(17,18)19/h2-5,11-13,15,20H,6-9H2,1H3. The van der Waals surface area contributed by atoms with Gasteiger partial charge in [0.2, 0.25) is 0 Å². The van der Waals surface area contributed by atoms with E-state index >= 15 is 0 Å². The summed E-state index contributed by atoms with van der Waals surface area (Å²) in [7, 11) is 1.97. The quantitative estimate of drug-likeness (QED) is 0.894. The first-order valence-electron chi connectivity index (χ1n) is 7.46. The molecule has 3 rings (SSSR count). The first-order valence-corrected chi connectivity index (χ1v) is 7.46. The minimum atomic E-state index is -4.63. The molecule has 1 N–H and O–H groups in total. The van der Waals surface area contributed by atoms with E-state index in [4.69, 9.17) is 0 Å². The highest BCUT2D eigenvalue weighted by atomic mass is 19.4. The Kier molecular flexibility index (Phi) is 3.86. The van der Waals surface area contributed by atoms with Gasteiger partial charge in [-0.1, -0.05) is 12.1 Å². The molecule has 2 aliphatic carbocycles. The molecule has 21 heavy (non-hydrogen) atoms. The molecule has 5 heteroatoms. The van der Waals surface area contributed by atoms with Gasteiger partial charge >= 0.3 is 6.36 Å². The smallest absolute Gasteiger partial charge is 0.406 e. The van der Waals surface area contributed by atoms with E-state index in [1.54, 1.807) is 12.1 Å². The molecule has 2 aliphatic rings. The fourth-order valence-electron chi connectivity index (χ4n) is 3.68. The van der Waals surface area contributed by atoms with E-state index in [1.165, 1.54) is 31.4 Å². The van der Waals surface area contributed by atoms with Crippen LogP contribution in [0.3, 0.4) is 0 Å². The minimum absolute atomic E-state index is 0.158. The van der Waals surface area contributed by atoms with Crippen LogP contribution in [0.5, 0.6) is 5.75 Å². The lowest BCUT2D eigenvalue weighted by Gasteiger charge is -2.24. The number of likely N-dealkylation sites (N-methyl/N-ethyl adjacent to an activating group) is 1. The monoisotopic (exact) mass is 299 g/mol. The predicted molar refractivity (Wildman–Crippen MR) is 74.0 cm³/mol. The summed E-state index contributed by atoms with van der Waals surface area (Å²) in [6.07, 6.45) is 0.222. The van der Waals surface area contributed by atoms with Crippen molar-refractivity contribution in [1.82, 2.24) is 5.32 Å². The van der Waals surface area contributed by atoms with E-state index in [-0.39, 0.29) is 5.75 Å². The lowest BCUT2D eigenvalue weighted by molar-refractivity contribution is -0.274. The first-order chi connectivity index (χ1) is 9.94. The molecule has 0 radical (unpaired) electrons. The van der Waals surface area contributed by atoms with Gasteiger partial charge < -0.3 is 10.1 Å². The Balaban J connectivity index is 1.58. The number of alkyl halides is 3. The van der Waals surface area contributed by atoms with E-state index in [9.17, 15) is 13.2 Å². The topological polar surface area (TPSA) is 21.3 Å². The van der Waals surface area contributed by atoms with Crippen molar-refractivity contribution in [1.29, 1.82) is 0 Å². The summed E-state index contributed by atoms with van der Waals surface area (Å²) in [4.78, 5) is 0. The Labute approximate surface area is 122 Å². The van der Waals surface area contributed by atoms with Crippen LogP contribution in [-0.2, 0) is 6.42 Å². The summed E-state index contributed by atoms with van der Waals surface area (Å²) in [5, 5.41) is 3.38. The van der Waals surface area contributed by atoms with Crippen LogP contribution in [0, 0.1) is 17.8 Å². The lowest BCUT2D eigenvalue weighted by Crippen LogP contribution is -2.35. The summed E-state index contributed by atoms with van der Waals surface area (Å²) in [5.74, 6) is 2.42. The second-order valence-electron chi connectivity index (χ2n) is 6.28. The molecule has 2 saturated carbocycles. The highest BCUT2D eigenvalue weighted by molar-refractivity contribution is 5.28. The summed E-state index contributed by atoms with van der Waals surface area (Å²) >= 11 is 0. The minimum Gasteiger partial charge on any atom is -0.406 e. The van der Waals surface area contributed by atoms with Crippen LogP contribution >= 0.6 is 0 Å². The van der Waals surface area contributed by atoms with Gasteiger partial charge in [-0.15, -0.1) is 13.2 Å². The van der Waals surface area contributed by atoms with Gasteiger partial charge in [0.15, 0.2) is 0 Å². The highest BCUT2D eigenvalue weighted by Gasteiger charge is 2.47. The van der Waals surface area contributed by atoms with Crippen LogP contribution in [0.25, 0.3) is 0 Å². The van der Waals surface area contributed by atoms with Crippen LogP contribution < -0.4 is 10.1 Å². The number of ether oxygens (including phenoxy) is 1. The lowest BCUT2D eigenvalue weighted by atomic mass is 9.90. The summed E-state index contributed by atoms with van der Waals surface area (Å²) in [6.45, 7) is 0. The molecule has 0 amide bonds. The van der Waals surface area contributed by atoms with E-state index in [0.29, 0.717) is 12.0 Å². The molecule has 1 aromatic carbocycles. The van der Waals surface area contributed by atoms with E-state index in [2.05, 4.69) is 10.1 Å². The Bertz CT molecular complexity index is 475. The molecule has 2 nitrogen and oxygen atoms in total. The van der Waals surface area contributed by atoms with Crippen molar-refractivity contribution in [3.05, 3.63) is 29.8 Å². The van der Waals surface area contributed by atoms with Gasteiger partial charge in [-0.2, -0.15) is 0 Å². The van der Waals surface area contributed by atoms with Crippen molar-refractivity contribution in [3.63, 3.8) is 0 Å². The average Bonchev–Trinajstić information content (AvgIpc) is 3.03. The average molecular weight is 299 g/mol. The van der Waals surface area contributed by atoms with Gasteiger partial charge in [-0.3, -0.25) is 0 Å². The third-order valence-corrected chi connectivity index (χ3v) is 4.83. The van der Waals surface area contributed by atoms with Gasteiger partial charge in [0.05, 0.1) is 0 Å². The van der Waals surface area contributed by atoms with E-state index in [1.807, 2.05) is 7.05 Å². The van der Waals surface area contributed by atoms with Crippen molar-refractivity contribution >= 4 is 0 Å². The van der Waals surface area contributed by atoms with Gasteiger partial charge in [0, 0.05) is 6.04 Å². The number of benzene rings is 1. The maximum atomic E-state index is 12.1. The normalized spacial score (nSPS) is 29.0. The third kappa shape index (κ3) is 3.70. The number of hydrogen-bond donors (Lipinski definition) is 1. The fraction of sp³-hybridized carbons (Fsp3) is 0.625. The molecule has 2 fully saturated rings. The Morgan fingerprint density at radius 1 is 1.14 bits per heavy atom. The molecule has 3 atom stereocenters. The second kappa shape index (κ2) is 5.52. The van der Waals surface area contributed by atoms with Gasteiger partial charge in [-0.25, -0.2) is 0 Å². The molecule has 3 unspecified atom stereocenters. The number of halogens is 3. The molecule has 0 aliphatic heterocycles. The number of hydrogen-bond acceptors (Lipinski definition) is 2. The third-order valence-electron chi connectivity index (χ3n) is 4.83. The Morgan fingerprint density at radius 2 is 1.76 bits per heavy atom. The zero-order valence-corrected chi connectivity index (χ0v) is 12.0. The molecule has 116 valence electrons. The largest absolute Gasteiger partial charge is 0.573 e. The van der Waals surface area contributed by atoms with Crippen molar-refractivity contribution in [2.24, 2.45) is 17.8 Å². The molecule has 0 saturated heterocycles. The number of nitrogens with one attached hydrogen (secondary N) is 1. The zero-order valence-electron chi connectivity index (χ0n) is 12.0. The van der Waals surface area contributed by atoms with Crippen LogP contribution in [0.2, 0.25) is 0 Å². The molecule has 0 heterocycles. The van der Waals surface area contributed by atoms with Gasteiger partial charge in [0.25, 0.3) is 0 Å². The molecular formula is C16H20F3NO. The van der Waals surface area contributed by atoms with Crippen LogP contribution in [0.1, 0.15) is 24.8 Å². The van der Waals surface area contributed by atoms with Crippen molar-refractivity contribution < 1.29 is 17.9 Å². The second-order valence-corrected chi connectivity index (χ2v) is 6.28. The Morgan fingerprint density at radius 3 is 2.29 bits per heavy atom. The maximum Gasteiger partial charge on any atom is 0.573 e. The summed E-state index contributed by atoms with van der Waals surface area (Å²) in [5.41, 5.74) is 1.05. The van der Waals surface area contributed by atoms with Gasteiger partial charge in [-0.05, 0) is 68.2 Å². The summed E-state index contributed by atoms with van der Waals surface area (Å²) < 4.78 is 40.3. The van der Waals surface area contributed by atoms with Crippen LogP contribution in [0.15, 0.2) is 24.3 Å². The molecule has 0 spiro atoms. The van der Waals surface area contributed by atoms with Crippen molar-refractivity contribution in [2.45, 2.75) is 38.1 Å². The number of rotatable bonds is 5. The van der Waals surface area contributed by atoms with Crippen LogP contribution in [0.4, 0.5) is 13.2 Å². The van der Waals surface area contributed by atoms with Crippen LogP contribution in [-0.4, -0.2) is 19.5 Å². The van der Waals surface area contributed by atoms with Gasteiger partial charge in [0.1, 0.15) is 5.75 Å². The molecule has 0 bridgehead atoms. The predicted octanol–water partition coefficient (Wildman–Crippen LogP) is 3.76. The highest BCUT2D eigenvalue weighted by Crippen LogP contribution is 2.55. The fourth-order valence-corrected chi connectivity index (χ4v) is 3.68. The molecule has 0 aromatic heterocycles. The van der Waals surface area contributed by atoms with Crippen molar-refractivity contribution in [3.8, 4) is 5.75 Å². The molecular weight excluding hydrogens is 279 g/mol. The number of fused-ring (bicyclic) bond motifs is 1. The van der Waals surface area contributed by atoms with Crippen molar-refractivity contribution in [2.75, 3.05) is 7.05 Å². The summed E-state index contributed by atoms with van der Waals surface area (Å²) in [6, 6.07) is 6.64. The molecule has 1 aromatic rings.